The highest BCUT2D eigenvalue weighted by Crippen LogP contribution is 2.57. The van der Waals surface area contributed by atoms with Crippen molar-refractivity contribution < 1.29 is 37.4 Å². The van der Waals surface area contributed by atoms with Gasteiger partial charge in [0.2, 0.25) is 0 Å². The van der Waals surface area contributed by atoms with Crippen LogP contribution in [0, 0.1) is 0 Å². The average Bonchev–Trinajstić information content (AvgIpc) is 3.18. The molecule has 138 valence electrons. The smallest absolute Gasteiger partial charge is 0.370 e. The maximum absolute atomic E-state index is 11.2. The molecule has 0 aliphatic carbocycles. The quantitative estimate of drug-likeness (QED) is 0.240. The number of hydrogen-bond acceptors (Lipinski definition) is 5. The van der Waals surface area contributed by atoms with Crippen LogP contribution in [0.1, 0.15) is 64.7 Å². The van der Waals surface area contributed by atoms with E-state index in [4.69, 9.17) is 19.4 Å². The Morgan fingerprint density at radius 3 is 2.00 bits per heavy atom. The largest absolute Gasteiger partial charge is 0.481 e. The molecule has 3 N–H and O–H groups in total. The lowest BCUT2D eigenvalue weighted by Gasteiger charge is -2.12. The first-order chi connectivity index (χ1) is 10.7. The van der Waals surface area contributed by atoms with E-state index in [-0.39, 0.29) is 12.2 Å². The van der Waals surface area contributed by atoms with Crippen molar-refractivity contribution in [1.82, 2.24) is 0 Å². The van der Waals surface area contributed by atoms with E-state index in [1.165, 1.54) is 12.8 Å². The van der Waals surface area contributed by atoms with Gasteiger partial charge in [-0.15, -0.1) is 0 Å². The monoisotopic (exact) mass is 374 g/mol. The molecule has 1 rings (SSSR count). The first kappa shape index (κ1) is 21.3. The van der Waals surface area contributed by atoms with Gasteiger partial charge in [0.25, 0.3) is 0 Å². The maximum atomic E-state index is 11.2. The van der Waals surface area contributed by atoms with Crippen molar-refractivity contribution in [3.05, 3.63) is 0 Å². The van der Waals surface area contributed by atoms with Crippen molar-refractivity contribution in [1.29, 1.82) is 0 Å². The first-order valence-corrected chi connectivity index (χ1v) is 11.1. The minimum absolute atomic E-state index is 0.0653. The second kappa shape index (κ2) is 9.64. The molecule has 0 amide bonds. The van der Waals surface area contributed by atoms with E-state index in [0.29, 0.717) is 6.42 Å². The molecule has 1 aliphatic rings. The molecule has 23 heavy (non-hydrogen) atoms. The van der Waals surface area contributed by atoms with Crippen LogP contribution in [0.3, 0.4) is 0 Å². The summed E-state index contributed by atoms with van der Waals surface area (Å²) in [5.74, 6) is 0. The van der Waals surface area contributed by atoms with Gasteiger partial charge in [-0.05, 0) is 19.3 Å². The molecule has 0 aromatic rings. The Bertz CT molecular complexity index is 432. The number of phosphoric ester groups is 1. The number of unbranched alkanes of at least 4 members (excludes halogenated alkanes) is 6. The Labute approximate surface area is 137 Å². The fourth-order valence-electron chi connectivity index (χ4n) is 2.40. The summed E-state index contributed by atoms with van der Waals surface area (Å²) in [6.07, 6.45) is 9.22. The molecule has 1 fully saturated rings. The molecule has 2 unspecified atom stereocenters. The van der Waals surface area contributed by atoms with Crippen molar-refractivity contribution >= 4 is 15.6 Å². The molecule has 0 spiro atoms. The van der Waals surface area contributed by atoms with Gasteiger partial charge < -0.3 is 19.4 Å². The molecule has 0 saturated carbocycles. The second-order valence-corrected chi connectivity index (χ2v) is 8.75. The Morgan fingerprint density at radius 1 is 1.00 bits per heavy atom. The lowest BCUT2D eigenvalue weighted by atomic mass is 9.98. The van der Waals surface area contributed by atoms with Crippen LogP contribution in [0.15, 0.2) is 0 Å². The minimum atomic E-state index is -5.02. The maximum Gasteiger partial charge on any atom is 0.481 e. The predicted octanol–water partition coefficient (Wildman–Crippen LogP) is 3.51. The van der Waals surface area contributed by atoms with Gasteiger partial charge in [0.15, 0.2) is 0 Å². The lowest BCUT2D eigenvalue weighted by Crippen LogP contribution is -2.08. The zero-order valence-corrected chi connectivity index (χ0v) is 15.3. The lowest BCUT2D eigenvalue weighted by molar-refractivity contribution is 0.175. The van der Waals surface area contributed by atoms with Gasteiger partial charge in [-0.3, -0.25) is 4.52 Å². The summed E-state index contributed by atoms with van der Waals surface area (Å²) in [5.41, 5.74) is 0.185. The Kier molecular flexibility index (Phi) is 8.91. The molecule has 0 bridgehead atoms. The Hall–Kier alpha value is 0.220. The third-order valence-electron chi connectivity index (χ3n) is 3.94. The van der Waals surface area contributed by atoms with Gasteiger partial charge in [-0.25, -0.2) is 9.13 Å². The first-order valence-electron chi connectivity index (χ1n) is 8.06. The van der Waals surface area contributed by atoms with Crippen LogP contribution < -0.4 is 0 Å². The van der Waals surface area contributed by atoms with Gasteiger partial charge >= 0.3 is 15.6 Å². The molecule has 2 atom stereocenters. The van der Waals surface area contributed by atoms with Crippen LogP contribution in [-0.2, 0) is 22.7 Å². The molecular formula is C13H28O8P2. The van der Waals surface area contributed by atoms with E-state index in [1.807, 2.05) is 0 Å². The van der Waals surface area contributed by atoms with Crippen molar-refractivity contribution in [3.8, 4) is 0 Å². The molecule has 0 aromatic heterocycles. The van der Waals surface area contributed by atoms with E-state index < -0.39 is 15.6 Å². The zero-order chi connectivity index (χ0) is 17.4. The molecule has 8 nitrogen and oxygen atoms in total. The van der Waals surface area contributed by atoms with Crippen LogP contribution in [0.2, 0.25) is 0 Å². The third kappa shape index (κ3) is 10.6. The van der Waals surface area contributed by atoms with Crippen LogP contribution in [0.5, 0.6) is 0 Å². The zero-order valence-electron chi connectivity index (χ0n) is 13.6. The summed E-state index contributed by atoms with van der Waals surface area (Å²) >= 11 is 0. The summed E-state index contributed by atoms with van der Waals surface area (Å²) < 4.78 is 35.2. The summed E-state index contributed by atoms with van der Waals surface area (Å²) in [6.45, 7) is 3.00. The topological polar surface area (TPSA) is 126 Å². The number of phosphoric acid groups is 2. The highest BCUT2D eigenvalue weighted by Gasteiger charge is 2.41. The number of rotatable bonds is 14. The normalized spacial score (nSPS) is 23.7. The predicted molar refractivity (Wildman–Crippen MR) is 84.8 cm³/mol. The highest BCUT2D eigenvalue weighted by atomic mass is 31.3. The minimum Gasteiger partial charge on any atom is -0.370 e. The van der Waals surface area contributed by atoms with Crippen LogP contribution in [0.4, 0.5) is 0 Å². The standard InChI is InChI=1S/C13H28O8P2/c1-2-13(12-19-13)10-8-6-4-3-5-7-9-11-20-23(17,18)21-22(14,15)16/h2-12H2,1H3,(H,17,18)(H2,14,15,16). The highest BCUT2D eigenvalue weighted by molar-refractivity contribution is 7.60. The van der Waals surface area contributed by atoms with E-state index in [9.17, 15) is 9.13 Å². The van der Waals surface area contributed by atoms with Crippen molar-refractivity contribution in [2.45, 2.75) is 70.3 Å². The van der Waals surface area contributed by atoms with E-state index in [2.05, 4.69) is 15.8 Å². The number of hydrogen-bond donors (Lipinski definition) is 3. The van der Waals surface area contributed by atoms with E-state index in [1.54, 1.807) is 0 Å². The Balaban J connectivity index is 1.90. The Morgan fingerprint density at radius 2 is 1.52 bits per heavy atom. The molecule has 10 heteroatoms. The molecule has 0 aromatic carbocycles. The van der Waals surface area contributed by atoms with Gasteiger partial charge in [-0.1, -0.05) is 45.4 Å². The third-order valence-corrected chi connectivity index (χ3v) is 6.12. The van der Waals surface area contributed by atoms with Crippen LogP contribution in [-0.4, -0.2) is 33.5 Å². The van der Waals surface area contributed by atoms with Gasteiger partial charge in [-0.2, -0.15) is 4.31 Å². The van der Waals surface area contributed by atoms with Crippen LogP contribution >= 0.6 is 15.6 Å². The van der Waals surface area contributed by atoms with Gasteiger partial charge in [0, 0.05) is 0 Å². The van der Waals surface area contributed by atoms with Gasteiger partial charge in [0.1, 0.15) is 0 Å². The molecular weight excluding hydrogens is 346 g/mol. The SMILES string of the molecule is CCC1(CCCCCCCCCOP(=O)(O)OP(=O)(O)O)CO1. The number of epoxide rings is 1. The summed E-state index contributed by atoms with van der Waals surface area (Å²) in [4.78, 5) is 25.9. The van der Waals surface area contributed by atoms with Gasteiger partial charge in [0.05, 0.1) is 18.8 Å². The molecule has 1 saturated heterocycles. The number of ether oxygens (including phenoxy) is 1. The molecule has 1 heterocycles. The average molecular weight is 374 g/mol. The molecule has 1 aliphatic heterocycles. The fraction of sp³-hybridized carbons (Fsp3) is 1.00. The summed E-state index contributed by atoms with van der Waals surface area (Å²) in [7, 11) is -9.69. The van der Waals surface area contributed by atoms with Crippen molar-refractivity contribution in [2.24, 2.45) is 0 Å². The van der Waals surface area contributed by atoms with Crippen molar-refractivity contribution in [2.75, 3.05) is 13.2 Å². The second-order valence-electron chi connectivity index (χ2n) is 5.92. The fourth-order valence-corrected chi connectivity index (χ4v) is 4.02. The van der Waals surface area contributed by atoms with E-state index >= 15 is 0 Å². The van der Waals surface area contributed by atoms with Crippen LogP contribution in [0.25, 0.3) is 0 Å². The summed E-state index contributed by atoms with van der Waals surface area (Å²) in [6, 6.07) is 0. The van der Waals surface area contributed by atoms with Crippen molar-refractivity contribution in [3.63, 3.8) is 0 Å². The summed E-state index contributed by atoms with van der Waals surface area (Å²) in [5, 5.41) is 0. The van der Waals surface area contributed by atoms with E-state index in [0.717, 1.165) is 45.1 Å². The molecule has 0 radical (unpaired) electrons.